The molecule has 0 bridgehead atoms. The maximum atomic E-state index is 13.2. The fourth-order valence-corrected chi connectivity index (χ4v) is 4.93. The third kappa shape index (κ3) is 2.40. The zero-order valence-corrected chi connectivity index (χ0v) is 15.7. The van der Waals surface area contributed by atoms with Crippen LogP contribution in [0.5, 0.6) is 0 Å². The Labute approximate surface area is 140 Å². The molecule has 0 aromatic rings. The van der Waals surface area contributed by atoms with Crippen LogP contribution in [0.15, 0.2) is 0 Å². The Morgan fingerprint density at radius 2 is 1.74 bits per heavy atom. The predicted octanol–water partition coefficient (Wildman–Crippen LogP) is 2.82. The van der Waals surface area contributed by atoms with Gasteiger partial charge in [-0.1, -0.05) is 41.5 Å². The molecule has 0 spiro atoms. The van der Waals surface area contributed by atoms with Crippen LogP contribution in [0.1, 0.15) is 61.3 Å². The van der Waals surface area contributed by atoms with Crippen LogP contribution in [0.2, 0.25) is 0 Å². The summed E-state index contributed by atoms with van der Waals surface area (Å²) < 4.78 is 0. The summed E-state index contributed by atoms with van der Waals surface area (Å²) in [6.45, 7) is 16.0. The first-order valence-electron chi connectivity index (χ1n) is 9.02. The Kier molecular flexibility index (Phi) is 3.45. The maximum absolute atomic E-state index is 13.2. The molecule has 4 nitrogen and oxygen atoms in total. The first-order chi connectivity index (χ1) is 10.4. The van der Waals surface area contributed by atoms with E-state index in [0.717, 1.165) is 19.4 Å². The van der Waals surface area contributed by atoms with Crippen molar-refractivity contribution in [3.05, 3.63) is 0 Å². The molecular weight excluding hydrogens is 288 g/mol. The number of carbonyl (C=O) groups excluding carboxylic acids is 2. The molecule has 0 unspecified atom stereocenters. The van der Waals surface area contributed by atoms with Crippen LogP contribution in [0, 0.1) is 28.1 Å². The van der Waals surface area contributed by atoms with Gasteiger partial charge in [0.1, 0.15) is 6.04 Å². The average Bonchev–Trinajstić information content (AvgIpc) is 3.27. The number of amides is 2. The highest BCUT2D eigenvalue weighted by Gasteiger charge is 2.75. The van der Waals surface area contributed by atoms with Crippen LogP contribution in [0.3, 0.4) is 0 Å². The second-order valence-corrected chi connectivity index (χ2v) is 9.91. The van der Waals surface area contributed by atoms with Crippen LogP contribution >= 0.6 is 0 Å². The maximum Gasteiger partial charge on any atom is 0.245 e. The topological polar surface area (TPSA) is 49.4 Å². The summed E-state index contributed by atoms with van der Waals surface area (Å²) in [6, 6.07) is -0.174. The SMILES string of the molecule is C[C@@H]1[C@H]2C(C)(C)[C@@]2(C)CN1C(=O)[C@@H](NC(=O)C1CC1)C(C)(C)C. The highest BCUT2D eigenvalue weighted by Crippen LogP contribution is 2.74. The zero-order valence-electron chi connectivity index (χ0n) is 15.7. The van der Waals surface area contributed by atoms with Crippen molar-refractivity contribution >= 4 is 11.8 Å². The first kappa shape index (κ1) is 16.8. The first-order valence-corrected chi connectivity index (χ1v) is 9.02. The summed E-state index contributed by atoms with van der Waals surface area (Å²) in [5.41, 5.74) is 0.271. The van der Waals surface area contributed by atoms with E-state index in [4.69, 9.17) is 0 Å². The van der Waals surface area contributed by atoms with Crippen molar-refractivity contribution in [2.45, 2.75) is 73.4 Å². The summed E-state index contributed by atoms with van der Waals surface area (Å²) in [5, 5.41) is 3.05. The number of likely N-dealkylation sites (tertiary alicyclic amines) is 1. The van der Waals surface area contributed by atoms with Crippen LogP contribution < -0.4 is 5.32 Å². The molecule has 2 aliphatic carbocycles. The molecule has 130 valence electrons. The quantitative estimate of drug-likeness (QED) is 0.869. The molecule has 4 atom stereocenters. The second-order valence-electron chi connectivity index (χ2n) is 9.91. The van der Waals surface area contributed by atoms with Crippen molar-refractivity contribution in [2.24, 2.45) is 28.1 Å². The summed E-state index contributed by atoms with van der Waals surface area (Å²) in [5.74, 6) is 0.859. The number of carbonyl (C=O) groups is 2. The molecule has 1 heterocycles. The number of nitrogens with zero attached hydrogens (tertiary/aromatic N) is 1. The molecule has 1 aliphatic heterocycles. The summed E-state index contributed by atoms with van der Waals surface area (Å²) in [6.07, 6.45) is 1.93. The smallest absolute Gasteiger partial charge is 0.245 e. The van der Waals surface area contributed by atoms with E-state index < -0.39 is 6.04 Å². The van der Waals surface area contributed by atoms with Gasteiger partial charge in [0.05, 0.1) is 0 Å². The Morgan fingerprint density at radius 3 is 2.13 bits per heavy atom. The van der Waals surface area contributed by atoms with E-state index in [1.807, 2.05) is 25.7 Å². The van der Waals surface area contributed by atoms with E-state index in [0.29, 0.717) is 11.3 Å². The lowest BCUT2D eigenvalue weighted by molar-refractivity contribution is -0.141. The number of nitrogens with one attached hydrogen (secondary N) is 1. The van der Waals surface area contributed by atoms with Gasteiger partial charge in [0.15, 0.2) is 0 Å². The zero-order chi connectivity index (χ0) is 17.4. The standard InChI is InChI=1S/C19H32N2O2/c1-11-13-18(5,6)19(13,7)10-21(11)16(23)14(17(2,3)4)20-15(22)12-8-9-12/h11-14H,8-10H2,1-7H3,(H,20,22)/t11-,13+,14-,19+/m1/s1. The van der Waals surface area contributed by atoms with E-state index in [1.165, 1.54) is 0 Å². The number of hydrogen-bond donors (Lipinski definition) is 1. The second kappa shape index (κ2) is 4.73. The molecule has 23 heavy (non-hydrogen) atoms. The minimum absolute atomic E-state index is 0.0572. The van der Waals surface area contributed by atoms with E-state index >= 15 is 0 Å². The van der Waals surface area contributed by atoms with Crippen molar-refractivity contribution in [3.8, 4) is 0 Å². The number of piperidine rings is 1. The molecule has 0 radical (unpaired) electrons. The van der Waals surface area contributed by atoms with E-state index in [9.17, 15) is 9.59 Å². The van der Waals surface area contributed by atoms with Gasteiger partial charge in [-0.2, -0.15) is 0 Å². The third-order valence-corrected chi connectivity index (χ3v) is 6.96. The molecule has 3 rings (SSSR count). The van der Waals surface area contributed by atoms with Crippen LogP contribution in [0.4, 0.5) is 0 Å². The third-order valence-electron chi connectivity index (χ3n) is 6.96. The number of hydrogen-bond acceptors (Lipinski definition) is 2. The normalized spacial score (nSPS) is 36.4. The minimum atomic E-state index is -0.428. The molecular formula is C19H32N2O2. The van der Waals surface area contributed by atoms with Gasteiger partial charge in [0, 0.05) is 18.5 Å². The highest BCUT2D eigenvalue weighted by molar-refractivity contribution is 5.90. The molecule has 0 aromatic carbocycles. The van der Waals surface area contributed by atoms with Crippen molar-refractivity contribution in [3.63, 3.8) is 0 Å². The molecule has 3 fully saturated rings. The highest BCUT2D eigenvalue weighted by atomic mass is 16.2. The van der Waals surface area contributed by atoms with Gasteiger partial charge >= 0.3 is 0 Å². The van der Waals surface area contributed by atoms with Crippen molar-refractivity contribution < 1.29 is 9.59 Å². The molecule has 1 N–H and O–H groups in total. The van der Waals surface area contributed by atoms with Gasteiger partial charge in [0.25, 0.3) is 0 Å². The van der Waals surface area contributed by atoms with Gasteiger partial charge in [-0.25, -0.2) is 0 Å². The van der Waals surface area contributed by atoms with Crippen LogP contribution in [-0.4, -0.2) is 35.3 Å². The van der Waals surface area contributed by atoms with E-state index in [-0.39, 0.29) is 34.6 Å². The van der Waals surface area contributed by atoms with Crippen LogP contribution in [0.25, 0.3) is 0 Å². The molecule has 3 aliphatic rings. The van der Waals surface area contributed by atoms with Crippen LogP contribution in [-0.2, 0) is 9.59 Å². The Bertz CT molecular complexity index is 544. The lowest BCUT2D eigenvalue weighted by Gasteiger charge is -2.37. The van der Waals surface area contributed by atoms with Gasteiger partial charge in [0.2, 0.25) is 11.8 Å². The Balaban J connectivity index is 1.76. The molecule has 4 heteroatoms. The van der Waals surface area contributed by atoms with E-state index in [2.05, 4.69) is 33.0 Å². The van der Waals surface area contributed by atoms with Crippen molar-refractivity contribution in [1.29, 1.82) is 0 Å². The molecule has 2 saturated carbocycles. The molecule has 0 aromatic heterocycles. The van der Waals surface area contributed by atoms with E-state index in [1.54, 1.807) is 0 Å². The summed E-state index contributed by atoms with van der Waals surface area (Å²) >= 11 is 0. The summed E-state index contributed by atoms with van der Waals surface area (Å²) in [7, 11) is 0. The number of rotatable bonds is 3. The lowest BCUT2D eigenvalue weighted by Crippen LogP contribution is -2.56. The Hall–Kier alpha value is -1.06. The van der Waals surface area contributed by atoms with Gasteiger partial charge in [-0.15, -0.1) is 0 Å². The summed E-state index contributed by atoms with van der Waals surface area (Å²) in [4.78, 5) is 27.5. The fraction of sp³-hybridized carbons (Fsp3) is 0.895. The average molecular weight is 320 g/mol. The predicted molar refractivity (Wildman–Crippen MR) is 90.7 cm³/mol. The van der Waals surface area contributed by atoms with Crippen molar-refractivity contribution in [2.75, 3.05) is 6.54 Å². The fourth-order valence-electron chi connectivity index (χ4n) is 4.93. The largest absolute Gasteiger partial charge is 0.344 e. The van der Waals surface area contributed by atoms with Gasteiger partial charge in [-0.3, -0.25) is 9.59 Å². The Morgan fingerprint density at radius 1 is 1.17 bits per heavy atom. The monoisotopic (exact) mass is 320 g/mol. The lowest BCUT2D eigenvalue weighted by atomic mass is 9.85. The molecule has 2 amide bonds. The van der Waals surface area contributed by atoms with Gasteiger partial charge < -0.3 is 10.2 Å². The van der Waals surface area contributed by atoms with Gasteiger partial charge in [-0.05, 0) is 41.9 Å². The van der Waals surface area contributed by atoms with Crippen molar-refractivity contribution in [1.82, 2.24) is 10.2 Å². The minimum Gasteiger partial charge on any atom is -0.344 e. The molecule has 1 saturated heterocycles. The number of fused-ring (bicyclic) bond motifs is 1.